The van der Waals surface area contributed by atoms with Crippen LogP contribution in [0.25, 0.3) is 21.6 Å². The van der Waals surface area contributed by atoms with Gasteiger partial charge in [0.05, 0.1) is 5.39 Å². The third-order valence-electron chi connectivity index (χ3n) is 5.68. The maximum Gasteiger partial charge on any atom is 0.164 e. The lowest BCUT2D eigenvalue weighted by molar-refractivity contribution is 0.249. The van der Waals surface area contributed by atoms with Gasteiger partial charge in [-0.25, -0.2) is 9.97 Å². The molecule has 0 aliphatic carbocycles. The van der Waals surface area contributed by atoms with Crippen LogP contribution in [0.4, 0.5) is 5.82 Å². The lowest BCUT2D eigenvalue weighted by atomic mass is 10.2. The number of rotatable bonds is 5. The van der Waals surface area contributed by atoms with E-state index in [-0.39, 0.29) is 0 Å². The number of anilines is 1. The summed E-state index contributed by atoms with van der Waals surface area (Å²) >= 11 is 7.79. The Hall–Kier alpha value is -2.54. The number of pyridine rings is 1. The van der Waals surface area contributed by atoms with Gasteiger partial charge in [-0.2, -0.15) is 0 Å². The number of benzene rings is 1. The van der Waals surface area contributed by atoms with E-state index in [9.17, 15) is 0 Å². The van der Waals surface area contributed by atoms with E-state index >= 15 is 0 Å². The Morgan fingerprint density at radius 1 is 1.03 bits per heavy atom. The molecule has 158 valence electrons. The minimum Gasteiger partial charge on any atom is -0.353 e. The van der Waals surface area contributed by atoms with E-state index in [1.54, 1.807) is 17.5 Å². The van der Waals surface area contributed by atoms with Crippen LogP contribution in [0.15, 0.2) is 54.9 Å². The quantitative estimate of drug-likeness (QED) is 0.414. The summed E-state index contributed by atoms with van der Waals surface area (Å²) in [5.41, 5.74) is 2.25. The van der Waals surface area contributed by atoms with E-state index in [0.717, 1.165) is 66.2 Å². The molecule has 0 atom stereocenters. The van der Waals surface area contributed by atoms with Crippen LogP contribution in [0, 0.1) is 0 Å². The number of nitrogens with zero attached hydrogens (tertiary/aromatic N) is 5. The summed E-state index contributed by atoms with van der Waals surface area (Å²) in [5.74, 6) is 1.80. The SMILES string of the molecule is CCc1cc2c(N3CCN(Cc4ccc(Cl)cc4)CC3)nc(-c3cccnc3)nc2s1. The standard InChI is InChI=1S/C24H24ClN5S/c1-2-20-14-21-23(27-22(28-24(21)31-20)18-4-3-9-26-15-18)30-12-10-29(11-13-30)16-17-5-7-19(25)8-6-17/h3-9,14-15H,2,10-13,16H2,1H3. The van der Waals surface area contributed by atoms with E-state index < -0.39 is 0 Å². The number of hydrogen-bond donors (Lipinski definition) is 0. The second kappa shape index (κ2) is 8.91. The summed E-state index contributed by atoms with van der Waals surface area (Å²) in [6.45, 7) is 7.04. The lowest BCUT2D eigenvalue weighted by Gasteiger charge is -2.35. The summed E-state index contributed by atoms with van der Waals surface area (Å²) in [4.78, 5) is 21.4. The van der Waals surface area contributed by atoms with Crippen molar-refractivity contribution in [1.29, 1.82) is 0 Å². The summed E-state index contributed by atoms with van der Waals surface area (Å²) < 4.78 is 0. The highest BCUT2D eigenvalue weighted by Crippen LogP contribution is 2.34. The van der Waals surface area contributed by atoms with Gasteiger partial charge in [0, 0.05) is 60.6 Å². The van der Waals surface area contributed by atoms with Gasteiger partial charge in [0.2, 0.25) is 0 Å². The van der Waals surface area contributed by atoms with Crippen LogP contribution >= 0.6 is 22.9 Å². The Morgan fingerprint density at radius 2 is 1.84 bits per heavy atom. The van der Waals surface area contributed by atoms with Crippen LogP contribution in [0.2, 0.25) is 5.02 Å². The third kappa shape index (κ3) is 4.42. The summed E-state index contributed by atoms with van der Waals surface area (Å²) in [6.07, 6.45) is 4.63. The van der Waals surface area contributed by atoms with Gasteiger partial charge < -0.3 is 4.90 Å². The minimum atomic E-state index is 0.753. The van der Waals surface area contributed by atoms with Crippen molar-refractivity contribution in [3.05, 3.63) is 70.3 Å². The molecular weight excluding hydrogens is 426 g/mol. The molecule has 3 aromatic heterocycles. The fourth-order valence-corrected chi connectivity index (χ4v) is 5.05. The molecule has 1 aromatic carbocycles. The molecule has 0 radical (unpaired) electrons. The molecule has 1 aliphatic rings. The van der Waals surface area contributed by atoms with Gasteiger partial charge in [-0.15, -0.1) is 11.3 Å². The van der Waals surface area contributed by atoms with Crippen LogP contribution in [0.5, 0.6) is 0 Å². The predicted octanol–water partition coefficient (Wildman–Crippen LogP) is 5.29. The number of halogens is 1. The average Bonchev–Trinajstić information content (AvgIpc) is 3.24. The van der Waals surface area contributed by atoms with Crippen molar-refractivity contribution in [2.75, 3.05) is 31.1 Å². The number of fused-ring (bicyclic) bond motifs is 1. The van der Waals surface area contributed by atoms with E-state index in [4.69, 9.17) is 21.6 Å². The molecule has 31 heavy (non-hydrogen) atoms. The van der Waals surface area contributed by atoms with Crippen LogP contribution in [-0.2, 0) is 13.0 Å². The molecule has 0 amide bonds. The molecule has 5 rings (SSSR count). The zero-order valence-electron chi connectivity index (χ0n) is 17.5. The minimum absolute atomic E-state index is 0.753. The first kappa shape index (κ1) is 20.4. The molecule has 0 spiro atoms. The topological polar surface area (TPSA) is 45.2 Å². The van der Waals surface area contributed by atoms with Crippen LogP contribution in [0.3, 0.4) is 0 Å². The Balaban J connectivity index is 1.40. The zero-order valence-corrected chi connectivity index (χ0v) is 19.0. The highest BCUT2D eigenvalue weighted by molar-refractivity contribution is 7.18. The molecule has 1 fully saturated rings. The first-order valence-corrected chi connectivity index (χ1v) is 11.8. The Labute approximate surface area is 191 Å². The zero-order chi connectivity index (χ0) is 21.2. The van der Waals surface area contributed by atoms with E-state index in [1.165, 1.54) is 15.8 Å². The van der Waals surface area contributed by atoms with Crippen molar-refractivity contribution in [3.63, 3.8) is 0 Å². The van der Waals surface area contributed by atoms with Crippen molar-refractivity contribution < 1.29 is 0 Å². The Kier molecular flexibility index (Phi) is 5.85. The highest BCUT2D eigenvalue weighted by Gasteiger charge is 2.22. The fraction of sp³-hybridized carbons (Fsp3) is 0.292. The molecule has 0 saturated carbocycles. The smallest absolute Gasteiger partial charge is 0.164 e. The van der Waals surface area contributed by atoms with Crippen molar-refractivity contribution in [2.24, 2.45) is 0 Å². The molecule has 4 heterocycles. The van der Waals surface area contributed by atoms with Crippen LogP contribution in [-0.4, -0.2) is 46.0 Å². The fourth-order valence-electron chi connectivity index (χ4n) is 3.96. The molecular formula is C24H24ClN5S. The van der Waals surface area contributed by atoms with Gasteiger partial charge in [-0.1, -0.05) is 30.7 Å². The van der Waals surface area contributed by atoms with Gasteiger partial charge in [-0.3, -0.25) is 9.88 Å². The molecule has 1 saturated heterocycles. The lowest BCUT2D eigenvalue weighted by Crippen LogP contribution is -2.46. The molecule has 0 unspecified atom stereocenters. The molecule has 0 bridgehead atoms. The largest absolute Gasteiger partial charge is 0.353 e. The molecule has 5 nitrogen and oxygen atoms in total. The number of aromatic nitrogens is 3. The molecule has 1 aliphatic heterocycles. The molecule has 4 aromatic rings. The van der Waals surface area contributed by atoms with Crippen molar-refractivity contribution in [3.8, 4) is 11.4 Å². The number of thiophene rings is 1. The van der Waals surface area contributed by atoms with Crippen molar-refractivity contribution in [2.45, 2.75) is 19.9 Å². The van der Waals surface area contributed by atoms with Gasteiger partial charge in [0.15, 0.2) is 5.82 Å². The summed E-state index contributed by atoms with van der Waals surface area (Å²) in [6, 6.07) is 14.4. The van der Waals surface area contributed by atoms with Crippen molar-refractivity contribution >= 4 is 39.0 Å². The summed E-state index contributed by atoms with van der Waals surface area (Å²) in [5, 5.41) is 1.95. The molecule has 0 N–H and O–H groups in total. The number of aryl methyl sites for hydroxylation is 1. The van der Waals surface area contributed by atoms with E-state index in [1.807, 2.05) is 30.5 Å². The highest BCUT2D eigenvalue weighted by atomic mass is 35.5. The van der Waals surface area contributed by atoms with Crippen molar-refractivity contribution in [1.82, 2.24) is 19.9 Å². The summed E-state index contributed by atoms with van der Waals surface area (Å²) in [7, 11) is 0. The van der Waals surface area contributed by atoms with Crippen LogP contribution < -0.4 is 4.90 Å². The number of piperazine rings is 1. The number of hydrogen-bond acceptors (Lipinski definition) is 6. The monoisotopic (exact) mass is 449 g/mol. The maximum absolute atomic E-state index is 6.02. The average molecular weight is 450 g/mol. The second-order valence-electron chi connectivity index (χ2n) is 7.79. The maximum atomic E-state index is 6.02. The van der Waals surface area contributed by atoms with E-state index in [0.29, 0.717) is 0 Å². The van der Waals surface area contributed by atoms with Gasteiger partial charge in [0.25, 0.3) is 0 Å². The molecule has 7 heteroatoms. The van der Waals surface area contributed by atoms with E-state index in [2.05, 4.69) is 39.9 Å². The third-order valence-corrected chi connectivity index (χ3v) is 7.11. The first-order valence-electron chi connectivity index (χ1n) is 10.6. The Morgan fingerprint density at radius 3 is 2.55 bits per heavy atom. The second-order valence-corrected chi connectivity index (χ2v) is 9.34. The first-order chi connectivity index (χ1) is 15.2. The van der Waals surface area contributed by atoms with Gasteiger partial charge in [-0.05, 0) is 42.3 Å². The Bertz CT molecular complexity index is 1170. The van der Waals surface area contributed by atoms with Gasteiger partial charge >= 0.3 is 0 Å². The predicted molar refractivity (Wildman–Crippen MR) is 129 cm³/mol. The van der Waals surface area contributed by atoms with Crippen LogP contribution in [0.1, 0.15) is 17.4 Å². The van der Waals surface area contributed by atoms with Gasteiger partial charge in [0.1, 0.15) is 10.6 Å². The normalized spacial score (nSPS) is 15.0.